The second-order valence-electron chi connectivity index (χ2n) is 5.68. The number of H-pyrrole nitrogens is 1. The van der Waals surface area contributed by atoms with Crippen LogP contribution < -0.4 is 0 Å². The van der Waals surface area contributed by atoms with Gasteiger partial charge in [0.05, 0.1) is 17.8 Å². The van der Waals surface area contributed by atoms with Crippen LogP contribution in [0.2, 0.25) is 5.02 Å². The Morgan fingerprint density at radius 2 is 1.88 bits per heavy atom. The van der Waals surface area contributed by atoms with Crippen molar-refractivity contribution in [2.45, 2.75) is 6.92 Å². The van der Waals surface area contributed by atoms with Crippen molar-refractivity contribution in [1.29, 1.82) is 0 Å². The van der Waals surface area contributed by atoms with E-state index in [4.69, 9.17) is 16.3 Å². The Hall–Kier alpha value is -2.85. The van der Waals surface area contributed by atoms with Crippen molar-refractivity contribution < 1.29 is 9.53 Å². The highest BCUT2D eigenvalue weighted by Gasteiger charge is 2.17. The Labute approximate surface area is 149 Å². The second kappa shape index (κ2) is 6.22. The molecular formula is C20H15ClN2O2. The minimum Gasteiger partial charge on any atom is -0.461 e. The van der Waals surface area contributed by atoms with E-state index in [1.54, 1.807) is 13.0 Å². The number of esters is 1. The highest BCUT2D eigenvalue weighted by atomic mass is 35.5. The number of ether oxygens (including phenoxy) is 1. The Balaban J connectivity index is 2.04. The van der Waals surface area contributed by atoms with E-state index in [1.807, 2.05) is 48.5 Å². The zero-order valence-electron chi connectivity index (χ0n) is 13.5. The SMILES string of the molecule is CCOC(=O)c1cc2c([nH]c3ccccc32)c(-c2ccc(Cl)cc2)n1. The summed E-state index contributed by atoms with van der Waals surface area (Å²) in [6.07, 6.45) is 0. The van der Waals surface area contributed by atoms with Gasteiger partial charge in [-0.15, -0.1) is 0 Å². The molecule has 0 radical (unpaired) electrons. The third-order valence-corrected chi connectivity index (χ3v) is 4.35. The number of carbonyl (C=O) groups excluding carboxylic acids is 1. The van der Waals surface area contributed by atoms with Gasteiger partial charge in [-0.2, -0.15) is 0 Å². The quantitative estimate of drug-likeness (QED) is 0.516. The minimum absolute atomic E-state index is 0.295. The average Bonchev–Trinajstić information content (AvgIpc) is 3.00. The van der Waals surface area contributed by atoms with Gasteiger partial charge in [-0.25, -0.2) is 9.78 Å². The summed E-state index contributed by atoms with van der Waals surface area (Å²) in [6, 6.07) is 17.2. The smallest absolute Gasteiger partial charge is 0.356 e. The summed E-state index contributed by atoms with van der Waals surface area (Å²) < 4.78 is 5.14. The number of nitrogens with zero attached hydrogens (tertiary/aromatic N) is 1. The molecule has 25 heavy (non-hydrogen) atoms. The monoisotopic (exact) mass is 350 g/mol. The van der Waals surface area contributed by atoms with Gasteiger partial charge in [0.25, 0.3) is 0 Å². The number of fused-ring (bicyclic) bond motifs is 3. The highest BCUT2D eigenvalue weighted by molar-refractivity contribution is 6.30. The van der Waals surface area contributed by atoms with Crippen LogP contribution in [0.4, 0.5) is 0 Å². The van der Waals surface area contributed by atoms with E-state index in [1.165, 1.54) is 0 Å². The second-order valence-corrected chi connectivity index (χ2v) is 6.11. The summed E-state index contributed by atoms with van der Waals surface area (Å²) in [5.41, 5.74) is 3.76. The number of para-hydroxylation sites is 1. The molecule has 4 rings (SSSR count). The molecule has 0 atom stereocenters. The topological polar surface area (TPSA) is 55.0 Å². The maximum atomic E-state index is 12.3. The molecule has 0 amide bonds. The van der Waals surface area contributed by atoms with Crippen LogP contribution in [-0.2, 0) is 4.74 Å². The van der Waals surface area contributed by atoms with Crippen molar-refractivity contribution in [2.24, 2.45) is 0 Å². The lowest BCUT2D eigenvalue weighted by atomic mass is 10.1. The number of aromatic amines is 1. The van der Waals surface area contributed by atoms with E-state index in [0.29, 0.717) is 23.0 Å². The van der Waals surface area contributed by atoms with Gasteiger partial charge in [0, 0.05) is 26.9 Å². The van der Waals surface area contributed by atoms with E-state index < -0.39 is 5.97 Å². The molecule has 0 aliphatic heterocycles. The fraction of sp³-hybridized carbons (Fsp3) is 0.100. The van der Waals surface area contributed by atoms with E-state index in [2.05, 4.69) is 9.97 Å². The van der Waals surface area contributed by atoms with Crippen molar-refractivity contribution in [2.75, 3.05) is 6.61 Å². The molecule has 2 heterocycles. The third kappa shape index (κ3) is 2.75. The van der Waals surface area contributed by atoms with Crippen molar-refractivity contribution in [3.05, 3.63) is 65.3 Å². The molecule has 0 spiro atoms. The summed E-state index contributed by atoms with van der Waals surface area (Å²) in [5.74, 6) is -0.426. The van der Waals surface area contributed by atoms with Gasteiger partial charge >= 0.3 is 5.97 Å². The molecule has 0 aliphatic rings. The number of hydrogen-bond acceptors (Lipinski definition) is 3. The lowest BCUT2D eigenvalue weighted by molar-refractivity contribution is 0.0520. The first-order valence-electron chi connectivity index (χ1n) is 8.02. The number of halogens is 1. The Bertz CT molecular complexity index is 1080. The van der Waals surface area contributed by atoms with Gasteiger partial charge in [0.15, 0.2) is 0 Å². The Morgan fingerprint density at radius 3 is 2.64 bits per heavy atom. The fourth-order valence-electron chi connectivity index (χ4n) is 2.97. The van der Waals surface area contributed by atoms with Crippen LogP contribution in [0.15, 0.2) is 54.6 Å². The molecule has 4 aromatic rings. The van der Waals surface area contributed by atoms with Crippen LogP contribution in [0.5, 0.6) is 0 Å². The number of hydrogen-bond donors (Lipinski definition) is 1. The maximum absolute atomic E-state index is 12.3. The first-order valence-corrected chi connectivity index (χ1v) is 8.39. The van der Waals surface area contributed by atoms with Gasteiger partial charge in [-0.05, 0) is 31.2 Å². The lowest BCUT2D eigenvalue weighted by Gasteiger charge is -2.07. The van der Waals surface area contributed by atoms with Gasteiger partial charge in [0.1, 0.15) is 5.69 Å². The Kier molecular flexibility index (Phi) is 3.90. The number of pyridine rings is 1. The molecule has 0 saturated heterocycles. The zero-order chi connectivity index (χ0) is 17.4. The third-order valence-electron chi connectivity index (χ3n) is 4.10. The maximum Gasteiger partial charge on any atom is 0.356 e. The number of carbonyl (C=O) groups is 1. The van der Waals surface area contributed by atoms with Gasteiger partial charge < -0.3 is 9.72 Å². The number of benzene rings is 2. The normalized spacial score (nSPS) is 11.1. The molecule has 0 bridgehead atoms. The predicted octanol–water partition coefficient (Wildman–Crippen LogP) is 5.21. The molecule has 2 aromatic heterocycles. The summed E-state index contributed by atoms with van der Waals surface area (Å²) in [4.78, 5) is 20.2. The first-order chi connectivity index (χ1) is 12.2. The van der Waals surface area contributed by atoms with Crippen LogP contribution in [0, 0.1) is 0 Å². The number of rotatable bonds is 3. The molecule has 5 heteroatoms. The summed E-state index contributed by atoms with van der Waals surface area (Å²) in [6.45, 7) is 2.09. The van der Waals surface area contributed by atoms with Gasteiger partial charge in [-0.1, -0.05) is 41.9 Å². The van der Waals surface area contributed by atoms with E-state index in [0.717, 1.165) is 27.4 Å². The van der Waals surface area contributed by atoms with Crippen LogP contribution in [0.25, 0.3) is 33.1 Å². The van der Waals surface area contributed by atoms with Gasteiger partial charge in [-0.3, -0.25) is 0 Å². The van der Waals surface area contributed by atoms with Crippen LogP contribution in [0.1, 0.15) is 17.4 Å². The Morgan fingerprint density at radius 1 is 1.12 bits per heavy atom. The number of nitrogens with one attached hydrogen (secondary N) is 1. The van der Waals surface area contributed by atoms with Crippen molar-refractivity contribution in [3.8, 4) is 11.3 Å². The van der Waals surface area contributed by atoms with Crippen molar-refractivity contribution >= 4 is 39.4 Å². The minimum atomic E-state index is -0.426. The standard InChI is InChI=1S/C20H15ClN2O2/c1-2-25-20(24)17-11-15-14-5-3-4-6-16(14)22-19(15)18(23-17)12-7-9-13(21)10-8-12/h3-11,22H,2H2,1H3. The van der Waals surface area contributed by atoms with Gasteiger partial charge in [0.2, 0.25) is 0 Å². The first kappa shape index (κ1) is 15.7. The predicted molar refractivity (Wildman–Crippen MR) is 100 cm³/mol. The van der Waals surface area contributed by atoms with Crippen molar-refractivity contribution in [3.63, 3.8) is 0 Å². The van der Waals surface area contributed by atoms with E-state index >= 15 is 0 Å². The zero-order valence-corrected chi connectivity index (χ0v) is 14.3. The molecule has 4 nitrogen and oxygen atoms in total. The molecular weight excluding hydrogens is 336 g/mol. The van der Waals surface area contributed by atoms with Crippen LogP contribution >= 0.6 is 11.6 Å². The van der Waals surface area contributed by atoms with Crippen LogP contribution in [0.3, 0.4) is 0 Å². The highest BCUT2D eigenvalue weighted by Crippen LogP contribution is 2.33. The molecule has 0 unspecified atom stereocenters. The lowest BCUT2D eigenvalue weighted by Crippen LogP contribution is -2.07. The molecule has 0 fully saturated rings. The number of aromatic nitrogens is 2. The van der Waals surface area contributed by atoms with E-state index in [-0.39, 0.29) is 0 Å². The molecule has 2 aromatic carbocycles. The summed E-state index contributed by atoms with van der Waals surface area (Å²) in [5, 5.41) is 2.64. The average molecular weight is 351 g/mol. The molecule has 1 N–H and O–H groups in total. The molecule has 124 valence electrons. The molecule has 0 aliphatic carbocycles. The summed E-state index contributed by atoms with van der Waals surface area (Å²) in [7, 11) is 0. The fourth-order valence-corrected chi connectivity index (χ4v) is 3.10. The van der Waals surface area contributed by atoms with Crippen LogP contribution in [-0.4, -0.2) is 22.5 Å². The van der Waals surface area contributed by atoms with Crippen molar-refractivity contribution in [1.82, 2.24) is 9.97 Å². The largest absolute Gasteiger partial charge is 0.461 e. The summed E-state index contributed by atoms with van der Waals surface area (Å²) >= 11 is 6.00. The van der Waals surface area contributed by atoms with E-state index in [9.17, 15) is 4.79 Å². The molecule has 0 saturated carbocycles.